The van der Waals surface area contributed by atoms with Gasteiger partial charge >= 0.3 is 5.97 Å². The van der Waals surface area contributed by atoms with Gasteiger partial charge in [-0.2, -0.15) is 0 Å². The lowest BCUT2D eigenvalue weighted by atomic mass is 9.60. The zero-order valence-corrected chi connectivity index (χ0v) is 21.3. The molecule has 3 fully saturated rings. The van der Waals surface area contributed by atoms with E-state index >= 15 is 0 Å². The highest BCUT2D eigenvalue weighted by Gasteiger charge is 2.50. The number of aliphatic carboxylic acids is 1. The van der Waals surface area contributed by atoms with E-state index < -0.39 is 17.7 Å². The predicted octanol–water partition coefficient (Wildman–Crippen LogP) is 6.43. The standard InChI is InChI=1S/C29H46O4/c1-19(8-6-14-28(3,4)33)24-12-13-25-21(9-7-15-29(24,25)5)10-11-22-17-26(30)23(16-20(22)2)18-27(31)32/h10-11,19,23-26,30,33H,2,6-9,12-18H2,1,3-5H3,(H,31,32)/b21-10+,22-11-/t19-,23-,24?,25?,26+,29+/m0/s1. The zero-order valence-electron chi connectivity index (χ0n) is 21.3. The molecule has 186 valence electrons. The maximum atomic E-state index is 11.1. The molecule has 3 aliphatic rings. The molecule has 0 heterocycles. The molecule has 4 heteroatoms. The zero-order chi connectivity index (χ0) is 24.4. The van der Waals surface area contributed by atoms with E-state index in [0.29, 0.717) is 30.1 Å². The SMILES string of the molecule is C=C1C[C@@H](CC(=O)O)[C@H](O)C/C1=C/C=C1\CCC[C@@]2(C)C1CCC2[C@@H](C)CCCC(C)(C)O. The summed E-state index contributed by atoms with van der Waals surface area (Å²) >= 11 is 0. The molecule has 0 aromatic heterocycles. The Bertz CT molecular complexity index is 786. The second kappa shape index (κ2) is 10.5. The van der Waals surface area contributed by atoms with Crippen molar-refractivity contribution in [1.82, 2.24) is 0 Å². The number of fused-ring (bicyclic) bond motifs is 1. The quantitative estimate of drug-likeness (QED) is 0.391. The van der Waals surface area contributed by atoms with Gasteiger partial charge in [-0.25, -0.2) is 0 Å². The Morgan fingerprint density at radius 1 is 1.27 bits per heavy atom. The molecule has 0 bridgehead atoms. The number of carboxylic acids is 1. The van der Waals surface area contributed by atoms with Gasteiger partial charge in [-0.05, 0) is 99.9 Å². The van der Waals surface area contributed by atoms with Crippen molar-refractivity contribution in [2.24, 2.45) is 29.1 Å². The minimum Gasteiger partial charge on any atom is -0.481 e. The number of carbonyl (C=O) groups is 1. The van der Waals surface area contributed by atoms with Gasteiger partial charge in [-0.15, -0.1) is 0 Å². The first-order chi connectivity index (χ1) is 15.4. The summed E-state index contributed by atoms with van der Waals surface area (Å²) in [5.74, 6) is 0.967. The van der Waals surface area contributed by atoms with E-state index in [9.17, 15) is 15.0 Å². The van der Waals surface area contributed by atoms with Crippen molar-refractivity contribution in [3.8, 4) is 0 Å². The van der Waals surface area contributed by atoms with E-state index in [4.69, 9.17) is 5.11 Å². The summed E-state index contributed by atoms with van der Waals surface area (Å²) < 4.78 is 0. The summed E-state index contributed by atoms with van der Waals surface area (Å²) in [7, 11) is 0. The fourth-order valence-electron chi connectivity index (χ4n) is 7.22. The number of carboxylic acid groups (broad SMARTS) is 1. The van der Waals surface area contributed by atoms with Gasteiger partial charge in [-0.1, -0.05) is 56.6 Å². The summed E-state index contributed by atoms with van der Waals surface area (Å²) in [5, 5.41) is 29.6. The Labute approximate surface area is 200 Å². The maximum absolute atomic E-state index is 11.1. The normalized spacial score (nSPS) is 36.2. The molecular weight excluding hydrogens is 412 g/mol. The summed E-state index contributed by atoms with van der Waals surface area (Å²) in [5.41, 5.74) is 3.40. The van der Waals surface area contributed by atoms with E-state index in [0.717, 1.165) is 36.3 Å². The van der Waals surface area contributed by atoms with Crippen LogP contribution in [0, 0.1) is 29.1 Å². The van der Waals surface area contributed by atoms with Crippen LogP contribution in [0.1, 0.15) is 98.3 Å². The van der Waals surface area contributed by atoms with Gasteiger partial charge < -0.3 is 15.3 Å². The molecule has 2 unspecified atom stereocenters. The van der Waals surface area contributed by atoms with Gasteiger partial charge in [0.1, 0.15) is 0 Å². The second-order valence-corrected chi connectivity index (χ2v) is 12.1. The van der Waals surface area contributed by atoms with Crippen LogP contribution in [0.15, 0.2) is 35.5 Å². The summed E-state index contributed by atoms with van der Waals surface area (Å²) in [4.78, 5) is 11.1. The van der Waals surface area contributed by atoms with Crippen LogP contribution in [-0.4, -0.2) is 33.0 Å². The van der Waals surface area contributed by atoms with Crippen molar-refractivity contribution in [2.45, 2.75) is 110 Å². The van der Waals surface area contributed by atoms with Crippen LogP contribution in [0.5, 0.6) is 0 Å². The van der Waals surface area contributed by atoms with Crippen molar-refractivity contribution in [2.75, 3.05) is 0 Å². The third kappa shape index (κ3) is 6.39. The molecule has 3 N–H and O–H groups in total. The van der Waals surface area contributed by atoms with Crippen LogP contribution in [0.4, 0.5) is 0 Å². The van der Waals surface area contributed by atoms with Gasteiger partial charge in [-0.3, -0.25) is 4.79 Å². The van der Waals surface area contributed by atoms with E-state index in [-0.39, 0.29) is 12.3 Å². The number of hydrogen-bond acceptors (Lipinski definition) is 3. The molecule has 3 rings (SSSR count). The maximum Gasteiger partial charge on any atom is 0.303 e. The first-order valence-electron chi connectivity index (χ1n) is 13.1. The van der Waals surface area contributed by atoms with Gasteiger partial charge in [0.25, 0.3) is 0 Å². The van der Waals surface area contributed by atoms with Crippen LogP contribution in [0.25, 0.3) is 0 Å². The molecule has 3 aliphatic carbocycles. The summed E-state index contributed by atoms with van der Waals surface area (Å²) in [6.45, 7) is 12.9. The number of rotatable bonds is 8. The molecular formula is C29H46O4. The fraction of sp³-hybridized carbons (Fsp3) is 0.759. The largest absolute Gasteiger partial charge is 0.481 e. The molecule has 0 aromatic carbocycles. The van der Waals surface area contributed by atoms with Crippen LogP contribution in [-0.2, 0) is 4.79 Å². The molecule has 0 radical (unpaired) electrons. The van der Waals surface area contributed by atoms with E-state index in [1.54, 1.807) is 5.57 Å². The lowest BCUT2D eigenvalue weighted by Crippen LogP contribution is -2.36. The predicted molar refractivity (Wildman–Crippen MR) is 134 cm³/mol. The molecule has 0 saturated heterocycles. The average Bonchev–Trinajstić information content (AvgIpc) is 3.05. The molecule has 33 heavy (non-hydrogen) atoms. The minimum absolute atomic E-state index is 0.00432. The van der Waals surface area contributed by atoms with Crippen LogP contribution >= 0.6 is 0 Å². The lowest BCUT2D eigenvalue weighted by Gasteiger charge is -2.44. The van der Waals surface area contributed by atoms with E-state index in [2.05, 4.69) is 32.6 Å². The first-order valence-corrected chi connectivity index (χ1v) is 13.1. The number of aliphatic hydroxyl groups is 2. The van der Waals surface area contributed by atoms with Gasteiger partial charge in [0.2, 0.25) is 0 Å². The van der Waals surface area contributed by atoms with Crippen LogP contribution in [0.3, 0.4) is 0 Å². The number of hydrogen-bond donors (Lipinski definition) is 3. The van der Waals surface area contributed by atoms with Gasteiger partial charge in [0.05, 0.1) is 18.1 Å². The number of aliphatic hydroxyl groups excluding tert-OH is 1. The summed E-state index contributed by atoms with van der Waals surface area (Å²) in [6, 6.07) is 0. The first kappa shape index (κ1) is 26.2. The number of allylic oxidation sites excluding steroid dienone is 4. The topological polar surface area (TPSA) is 77.8 Å². The van der Waals surface area contributed by atoms with Crippen molar-refractivity contribution in [1.29, 1.82) is 0 Å². The molecule has 0 amide bonds. The molecule has 0 aromatic rings. The van der Waals surface area contributed by atoms with Crippen molar-refractivity contribution in [3.63, 3.8) is 0 Å². The van der Waals surface area contributed by atoms with Crippen molar-refractivity contribution in [3.05, 3.63) is 35.5 Å². The molecule has 3 saturated carbocycles. The average molecular weight is 459 g/mol. The van der Waals surface area contributed by atoms with Gasteiger partial charge in [0.15, 0.2) is 0 Å². The van der Waals surface area contributed by atoms with E-state index in [1.807, 2.05) is 13.8 Å². The second-order valence-electron chi connectivity index (χ2n) is 12.1. The Kier molecular flexibility index (Phi) is 8.32. The molecule has 6 atom stereocenters. The van der Waals surface area contributed by atoms with E-state index in [1.165, 1.54) is 32.1 Å². The fourth-order valence-corrected chi connectivity index (χ4v) is 7.22. The Balaban J connectivity index is 1.67. The Hall–Kier alpha value is -1.39. The third-order valence-corrected chi connectivity index (χ3v) is 9.04. The molecule has 0 aliphatic heterocycles. The van der Waals surface area contributed by atoms with Gasteiger partial charge in [0, 0.05) is 0 Å². The highest BCUT2D eigenvalue weighted by molar-refractivity contribution is 5.67. The van der Waals surface area contributed by atoms with Crippen LogP contribution in [0.2, 0.25) is 0 Å². The molecule has 4 nitrogen and oxygen atoms in total. The lowest BCUT2D eigenvalue weighted by molar-refractivity contribution is -0.139. The highest BCUT2D eigenvalue weighted by atomic mass is 16.4. The smallest absolute Gasteiger partial charge is 0.303 e. The third-order valence-electron chi connectivity index (χ3n) is 9.04. The highest BCUT2D eigenvalue weighted by Crippen LogP contribution is 2.60. The summed E-state index contributed by atoms with van der Waals surface area (Å²) in [6.07, 6.45) is 14.3. The minimum atomic E-state index is -0.854. The van der Waals surface area contributed by atoms with Crippen molar-refractivity contribution < 1.29 is 20.1 Å². The van der Waals surface area contributed by atoms with Crippen molar-refractivity contribution >= 4 is 5.97 Å². The molecule has 0 spiro atoms. The van der Waals surface area contributed by atoms with Crippen LogP contribution < -0.4 is 0 Å². The Morgan fingerprint density at radius 2 is 2.00 bits per heavy atom. The monoisotopic (exact) mass is 458 g/mol. The Morgan fingerprint density at radius 3 is 2.67 bits per heavy atom.